The maximum atomic E-state index is 11.1. The van der Waals surface area contributed by atoms with Gasteiger partial charge in [0.05, 0.1) is 5.69 Å². The van der Waals surface area contributed by atoms with Gasteiger partial charge in [0.1, 0.15) is 6.61 Å². The Labute approximate surface area is 135 Å². The van der Waals surface area contributed by atoms with Crippen LogP contribution in [0.4, 0.5) is 0 Å². The summed E-state index contributed by atoms with van der Waals surface area (Å²) >= 11 is 0. The maximum Gasteiger partial charge on any atom is 0.245 e. The Morgan fingerprint density at radius 1 is 1.39 bits per heavy atom. The second-order valence-electron chi connectivity index (χ2n) is 5.97. The number of nitrogens with zero attached hydrogens (tertiary/aromatic N) is 3. The number of likely N-dealkylation sites (tertiary alicyclic amines) is 1. The molecule has 23 heavy (non-hydrogen) atoms. The predicted octanol–water partition coefficient (Wildman–Crippen LogP) is 0.803. The van der Waals surface area contributed by atoms with Crippen LogP contribution in [0.5, 0.6) is 0 Å². The van der Waals surface area contributed by atoms with Gasteiger partial charge >= 0.3 is 0 Å². The van der Waals surface area contributed by atoms with E-state index in [1.165, 1.54) is 5.56 Å². The van der Waals surface area contributed by atoms with Crippen LogP contribution >= 0.6 is 0 Å². The van der Waals surface area contributed by atoms with Gasteiger partial charge in [0.25, 0.3) is 0 Å². The topological polar surface area (TPSA) is 70.4 Å². The molecule has 1 aromatic heterocycles. The molecule has 1 aromatic carbocycles. The van der Waals surface area contributed by atoms with Crippen LogP contribution in [0.2, 0.25) is 0 Å². The average Bonchev–Trinajstić information content (AvgIpc) is 3.24. The molecule has 2 heterocycles. The second-order valence-corrected chi connectivity index (χ2v) is 5.97. The first-order chi connectivity index (χ1) is 11.2. The standard InChI is InChI=1S/C17H22N4O2/c22-13-17(23)18-10-15-5-8-20(12-15)11-14-3-1-4-16(9-14)21-7-2-6-19-21/h1-4,6-7,9,15,22H,5,8,10-13H2,(H,18,23). The van der Waals surface area contributed by atoms with Crippen molar-refractivity contribution < 1.29 is 9.90 Å². The summed E-state index contributed by atoms with van der Waals surface area (Å²) < 4.78 is 1.86. The lowest BCUT2D eigenvalue weighted by atomic mass is 10.1. The van der Waals surface area contributed by atoms with Crippen molar-refractivity contribution in [1.29, 1.82) is 0 Å². The van der Waals surface area contributed by atoms with E-state index >= 15 is 0 Å². The quantitative estimate of drug-likeness (QED) is 0.827. The summed E-state index contributed by atoms with van der Waals surface area (Å²) in [5.74, 6) is 0.162. The first kappa shape index (κ1) is 15.7. The lowest BCUT2D eigenvalue weighted by Crippen LogP contribution is -2.32. The fraction of sp³-hybridized carbons (Fsp3) is 0.412. The van der Waals surface area contributed by atoms with Crippen molar-refractivity contribution in [2.45, 2.75) is 13.0 Å². The molecule has 0 saturated carbocycles. The van der Waals surface area contributed by atoms with Gasteiger partial charge in [0.15, 0.2) is 0 Å². The Bertz CT molecular complexity index is 642. The van der Waals surface area contributed by atoms with Crippen molar-refractivity contribution in [1.82, 2.24) is 20.0 Å². The zero-order chi connectivity index (χ0) is 16.1. The monoisotopic (exact) mass is 314 g/mol. The third-order valence-corrected chi connectivity index (χ3v) is 4.19. The highest BCUT2D eigenvalue weighted by molar-refractivity contribution is 5.76. The van der Waals surface area contributed by atoms with Gasteiger partial charge < -0.3 is 10.4 Å². The lowest BCUT2D eigenvalue weighted by Gasteiger charge is -2.17. The van der Waals surface area contributed by atoms with E-state index in [0.29, 0.717) is 12.5 Å². The Kier molecular flexibility index (Phi) is 5.05. The largest absolute Gasteiger partial charge is 0.387 e. The molecule has 3 rings (SSSR count). The normalized spacial score (nSPS) is 18.2. The number of aliphatic hydroxyl groups excluding tert-OH is 1. The predicted molar refractivity (Wildman–Crippen MR) is 87.0 cm³/mol. The highest BCUT2D eigenvalue weighted by Crippen LogP contribution is 2.19. The molecule has 0 radical (unpaired) electrons. The number of benzene rings is 1. The van der Waals surface area contributed by atoms with Crippen LogP contribution in [0.3, 0.4) is 0 Å². The number of aliphatic hydroxyl groups is 1. The number of hydrogen-bond acceptors (Lipinski definition) is 4. The number of hydrogen-bond donors (Lipinski definition) is 2. The van der Waals surface area contributed by atoms with Crippen LogP contribution < -0.4 is 5.32 Å². The third-order valence-electron chi connectivity index (χ3n) is 4.19. The fourth-order valence-electron chi connectivity index (χ4n) is 3.01. The zero-order valence-corrected chi connectivity index (χ0v) is 13.1. The molecule has 6 heteroatoms. The van der Waals surface area contributed by atoms with Crippen LogP contribution in [0.15, 0.2) is 42.7 Å². The van der Waals surface area contributed by atoms with E-state index in [4.69, 9.17) is 5.11 Å². The van der Waals surface area contributed by atoms with Crippen molar-refractivity contribution in [3.8, 4) is 5.69 Å². The Balaban J connectivity index is 1.54. The van der Waals surface area contributed by atoms with Gasteiger partial charge in [-0.3, -0.25) is 9.69 Å². The number of nitrogens with one attached hydrogen (secondary N) is 1. The summed E-state index contributed by atoms with van der Waals surface area (Å²) in [6, 6.07) is 10.3. The summed E-state index contributed by atoms with van der Waals surface area (Å²) in [6.07, 6.45) is 4.79. The molecule has 2 N–H and O–H groups in total. The fourth-order valence-corrected chi connectivity index (χ4v) is 3.01. The Morgan fingerprint density at radius 2 is 2.30 bits per heavy atom. The second kappa shape index (κ2) is 7.39. The molecule has 1 aliphatic heterocycles. The number of carbonyl (C=O) groups excluding carboxylic acids is 1. The molecule has 1 unspecified atom stereocenters. The van der Waals surface area contributed by atoms with Crippen LogP contribution in [0.1, 0.15) is 12.0 Å². The van der Waals surface area contributed by atoms with Crippen molar-refractivity contribution in [3.63, 3.8) is 0 Å². The molecule has 0 aliphatic carbocycles. The summed E-state index contributed by atoms with van der Waals surface area (Å²) in [6.45, 7) is 3.11. The van der Waals surface area contributed by atoms with E-state index in [1.54, 1.807) is 6.20 Å². The van der Waals surface area contributed by atoms with Crippen molar-refractivity contribution >= 4 is 5.91 Å². The summed E-state index contributed by atoms with van der Waals surface area (Å²) in [7, 11) is 0. The summed E-state index contributed by atoms with van der Waals surface area (Å²) in [5.41, 5.74) is 2.33. The smallest absolute Gasteiger partial charge is 0.245 e. The Hall–Kier alpha value is -2.18. The lowest BCUT2D eigenvalue weighted by molar-refractivity contribution is -0.123. The number of carbonyl (C=O) groups is 1. The summed E-state index contributed by atoms with van der Waals surface area (Å²) in [4.78, 5) is 13.5. The van der Waals surface area contributed by atoms with Crippen LogP contribution in [-0.4, -0.2) is 51.9 Å². The molecule has 6 nitrogen and oxygen atoms in total. The molecular formula is C17H22N4O2. The van der Waals surface area contributed by atoms with E-state index in [-0.39, 0.29) is 5.91 Å². The minimum Gasteiger partial charge on any atom is -0.387 e. The highest BCUT2D eigenvalue weighted by Gasteiger charge is 2.22. The average molecular weight is 314 g/mol. The van der Waals surface area contributed by atoms with Gasteiger partial charge in [-0.05, 0) is 42.6 Å². The molecular weight excluding hydrogens is 292 g/mol. The molecule has 0 bridgehead atoms. The molecule has 1 saturated heterocycles. The van der Waals surface area contributed by atoms with Gasteiger partial charge in [-0.25, -0.2) is 4.68 Å². The van der Waals surface area contributed by atoms with E-state index in [1.807, 2.05) is 23.0 Å². The third kappa shape index (κ3) is 4.18. The number of amides is 1. The molecule has 0 spiro atoms. The zero-order valence-electron chi connectivity index (χ0n) is 13.1. The van der Waals surface area contributed by atoms with E-state index in [0.717, 1.165) is 31.7 Å². The Morgan fingerprint density at radius 3 is 3.09 bits per heavy atom. The van der Waals surface area contributed by atoms with Crippen LogP contribution in [-0.2, 0) is 11.3 Å². The first-order valence-corrected chi connectivity index (χ1v) is 7.93. The van der Waals surface area contributed by atoms with Crippen molar-refractivity contribution in [2.24, 2.45) is 5.92 Å². The van der Waals surface area contributed by atoms with Gasteiger partial charge in [-0.15, -0.1) is 0 Å². The first-order valence-electron chi connectivity index (χ1n) is 7.93. The molecule has 1 amide bonds. The molecule has 122 valence electrons. The van der Waals surface area contributed by atoms with Gasteiger partial charge in [0, 0.05) is 32.0 Å². The van der Waals surface area contributed by atoms with E-state index in [2.05, 4.69) is 33.5 Å². The van der Waals surface area contributed by atoms with Gasteiger partial charge in [0.2, 0.25) is 5.91 Å². The molecule has 1 atom stereocenters. The SMILES string of the molecule is O=C(CO)NCC1CCN(Cc2cccc(-n3cccn3)c2)C1. The molecule has 1 aliphatic rings. The van der Waals surface area contributed by atoms with Gasteiger partial charge in [-0.2, -0.15) is 5.10 Å². The minimum absolute atomic E-state index is 0.296. The van der Waals surface area contributed by atoms with Crippen molar-refractivity contribution in [3.05, 3.63) is 48.3 Å². The van der Waals surface area contributed by atoms with Crippen LogP contribution in [0, 0.1) is 5.92 Å². The molecule has 1 fully saturated rings. The maximum absolute atomic E-state index is 11.1. The van der Waals surface area contributed by atoms with E-state index < -0.39 is 6.61 Å². The minimum atomic E-state index is -0.434. The van der Waals surface area contributed by atoms with Crippen molar-refractivity contribution in [2.75, 3.05) is 26.2 Å². The van der Waals surface area contributed by atoms with Gasteiger partial charge in [-0.1, -0.05) is 12.1 Å². The number of aromatic nitrogens is 2. The molecule has 2 aromatic rings. The highest BCUT2D eigenvalue weighted by atomic mass is 16.3. The summed E-state index contributed by atoms with van der Waals surface area (Å²) in [5, 5.41) is 15.8. The van der Waals surface area contributed by atoms with Crippen LogP contribution in [0.25, 0.3) is 5.69 Å². The number of rotatable bonds is 6. The van der Waals surface area contributed by atoms with E-state index in [9.17, 15) is 4.79 Å².